The molecule has 0 aliphatic carbocycles. The van der Waals surface area contributed by atoms with Crippen molar-refractivity contribution in [2.24, 2.45) is 0 Å². The summed E-state index contributed by atoms with van der Waals surface area (Å²) in [5, 5.41) is 7.86. The van der Waals surface area contributed by atoms with Gasteiger partial charge in [0.1, 0.15) is 6.54 Å². The molecule has 0 bridgehead atoms. The third-order valence-electron chi connectivity index (χ3n) is 2.43. The maximum Gasteiger partial charge on any atom is 0.325 e. The highest BCUT2D eigenvalue weighted by atomic mass is 35.5. The molecule has 7 nitrogen and oxygen atoms in total. The molecular formula is C13H16ClN3O4. The molecule has 8 heteroatoms. The summed E-state index contributed by atoms with van der Waals surface area (Å²) in [6.45, 7) is -0.153. The second-order valence-electron chi connectivity index (χ2n) is 4.02. The SMILES string of the molecule is COC(=O)CNC(=O)CNC(=O)NCc1ccc(Cl)cc1. The molecule has 0 saturated heterocycles. The van der Waals surface area contributed by atoms with E-state index in [9.17, 15) is 14.4 Å². The zero-order valence-electron chi connectivity index (χ0n) is 11.4. The van der Waals surface area contributed by atoms with E-state index in [2.05, 4.69) is 20.7 Å². The molecule has 1 aromatic rings. The Hall–Kier alpha value is -2.28. The molecule has 1 aromatic carbocycles. The van der Waals surface area contributed by atoms with Crippen molar-refractivity contribution >= 4 is 29.5 Å². The highest BCUT2D eigenvalue weighted by Crippen LogP contribution is 2.08. The number of methoxy groups -OCH3 is 1. The van der Waals surface area contributed by atoms with E-state index < -0.39 is 17.9 Å². The van der Waals surface area contributed by atoms with Crippen LogP contribution in [0.15, 0.2) is 24.3 Å². The number of urea groups is 1. The number of amides is 3. The first-order valence-electron chi connectivity index (χ1n) is 6.11. The first-order valence-corrected chi connectivity index (χ1v) is 6.48. The number of rotatable bonds is 6. The van der Waals surface area contributed by atoms with Crippen LogP contribution in [0.1, 0.15) is 5.56 Å². The normalized spacial score (nSPS) is 9.62. The quantitative estimate of drug-likeness (QED) is 0.663. The summed E-state index contributed by atoms with van der Waals surface area (Å²) in [5.41, 5.74) is 0.879. The van der Waals surface area contributed by atoms with E-state index >= 15 is 0 Å². The maximum absolute atomic E-state index is 11.5. The molecular weight excluding hydrogens is 298 g/mol. The Morgan fingerprint density at radius 2 is 1.71 bits per heavy atom. The van der Waals surface area contributed by atoms with Crippen LogP contribution in [0.3, 0.4) is 0 Å². The van der Waals surface area contributed by atoms with Crippen molar-refractivity contribution in [1.82, 2.24) is 16.0 Å². The fraction of sp³-hybridized carbons (Fsp3) is 0.308. The van der Waals surface area contributed by atoms with Gasteiger partial charge >= 0.3 is 12.0 Å². The Morgan fingerprint density at radius 1 is 1.05 bits per heavy atom. The van der Waals surface area contributed by atoms with Gasteiger partial charge in [-0.05, 0) is 17.7 Å². The Kier molecular flexibility index (Phi) is 7.03. The van der Waals surface area contributed by atoms with Gasteiger partial charge in [0.25, 0.3) is 0 Å². The number of halogens is 1. The van der Waals surface area contributed by atoms with Gasteiger partial charge in [-0.2, -0.15) is 0 Å². The summed E-state index contributed by atoms with van der Waals surface area (Å²) >= 11 is 5.74. The Labute approximate surface area is 127 Å². The summed E-state index contributed by atoms with van der Waals surface area (Å²) in [6, 6.07) is 6.52. The molecule has 1 rings (SSSR count). The van der Waals surface area contributed by atoms with Crippen LogP contribution >= 0.6 is 11.6 Å². The first-order chi connectivity index (χ1) is 10.0. The summed E-state index contributed by atoms with van der Waals surface area (Å²) in [4.78, 5) is 33.6. The standard InChI is InChI=1S/C13H16ClN3O4/c1-21-12(19)8-15-11(18)7-17-13(20)16-6-9-2-4-10(14)5-3-9/h2-5H,6-8H2,1H3,(H,15,18)(H2,16,17,20). The van der Waals surface area contributed by atoms with Gasteiger partial charge < -0.3 is 20.7 Å². The molecule has 21 heavy (non-hydrogen) atoms. The molecule has 3 N–H and O–H groups in total. The summed E-state index contributed by atoms with van der Waals surface area (Å²) in [7, 11) is 1.22. The van der Waals surface area contributed by atoms with E-state index in [1.54, 1.807) is 24.3 Å². The van der Waals surface area contributed by atoms with E-state index in [1.165, 1.54) is 7.11 Å². The minimum atomic E-state index is -0.560. The van der Waals surface area contributed by atoms with Crippen molar-refractivity contribution in [2.45, 2.75) is 6.54 Å². The van der Waals surface area contributed by atoms with Gasteiger partial charge in [0.05, 0.1) is 13.7 Å². The van der Waals surface area contributed by atoms with Crippen LogP contribution < -0.4 is 16.0 Å². The molecule has 0 aliphatic heterocycles. The second-order valence-corrected chi connectivity index (χ2v) is 4.45. The summed E-state index contributed by atoms with van der Waals surface area (Å²) < 4.78 is 4.36. The minimum Gasteiger partial charge on any atom is -0.468 e. The lowest BCUT2D eigenvalue weighted by Crippen LogP contribution is -2.43. The van der Waals surface area contributed by atoms with Crippen LogP contribution in [0.25, 0.3) is 0 Å². The Bertz CT molecular complexity index is 505. The van der Waals surface area contributed by atoms with Gasteiger partial charge in [-0.25, -0.2) is 4.79 Å². The van der Waals surface area contributed by atoms with Crippen LogP contribution in [-0.2, 0) is 20.9 Å². The van der Waals surface area contributed by atoms with Gasteiger partial charge in [0, 0.05) is 11.6 Å². The summed E-state index contributed by atoms with van der Waals surface area (Å²) in [5.74, 6) is -1.04. The lowest BCUT2D eigenvalue weighted by Gasteiger charge is -2.08. The predicted molar refractivity (Wildman–Crippen MR) is 76.7 cm³/mol. The topological polar surface area (TPSA) is 96.5 Å². The van der Waals surface area contributed by atoms with Gasteiger partial charge in [-0.15, -0.1) is 0 Å². The second kappa shape index (κ2) is 8.80. The highest BCUT2D eigenvalue weighted by Gasteiger charge is 2.07. The van der Waals surface area contributed by atoms with E-state index in [4.69, 9.17) is 11.6 Å². The molecule has 0 spiro atoms. The number of esters is 1. The Morgan fingerprint density at radius 3 is 2.33 bits per heavy atom. The average molecular weight is 314 g/mol. The lowest BCUT2D eigenvalue weighted by molar-refractivity contribution is -0.141. The molecule has 114 valence electrons. The number of benzene rings is 1. The number of carbonyl (C=O) groups is 3. The fourth-order valence-corrected chi connectivity index (χ4v) is 1.44. The zero-order valence-corrected chi connectivity index (χ0v) is 12.2. The lowest BCUT2D eigenvalue weighted by atomic mass is 10.2. The van der Waals surface area contributed by atoms with Crippen LogP contribution in [-0.4, -0.2) is 38.1 Å². The molecule has 0 saturated carbocycles. The van der Waals surface area contributed by atoms with Crippen molar-refractivity contribution in [1.29, 1.82) is 0 Å². The van der Waals surface area contributed by atoms with E-state index in [-0.39, 0.29) is 13.1 Å². The van der Waals surface area contributed by atoms with Crippen LogP contribution in [0.5, 0.6) is 0 Å². The molecule has 0 aromatic heterocycles. The molecule has 0 atom stereocenters. The van der Waals surface area contributed by atoms with E-state index in [0.717, 1.165) is 5.56 Å². The predicted octanol–water partition coefficient (Wildman–Crippen LogP) is 0.428. The largest absolute Gasteiger partial charge is 0.468 e. The van der Waals surface area contributed by atoms with Crippen LogP contribution in [0, 0.1) is 0 Å². The van der Waals surface area contributed by atoms with Crippen molar-refractivity contribution in [3.8, 4) is 0 Å². The van der Waals surface area contributed by atoms with Crippen molar-refractivity contribution < 1.29 is 19.1 Å². The van der Waals surface area contributed by atoms with E-state index in [1.807, 2.05) is 0 Å². The minimum absolute atomic E-state index is 0.233. The van der Waals surface area contributed by atoms with Crippen molar-refractivity contribution in [3.63, 3.8) is 0 Å². The monoisotopic (exact) mass is 313 g/mol. The number of hydrogen-bond acceptors (Lipinski definition) is 4. The van der Waals surface area contributed by atoms with Gasteiger partial charge in [0.2, 0.25) is 5.91 Å². The van der Waals surface area contributed by atoms with Crippen LogP contribution in [0.4, 0.5) is 4.79 Å². The molecule has 0 aliphatic rings. The third kappa shape index (κ3) is 7.17. The molecule has 0 radical (unpaired) electrons. The number of hydrogen-bond donors (Lipinski definition) is 3. The smallest absolute Gasteiger partial charge is 0.325 e. The molecule has 0 fully saturated rings. The average Bonchev–Trinajstić information content (AvgIpc) is 2.49. The maximum atomic E-state index is 11.5. The highest BCUT2D eigenvalue weighted by molar-refractivity contribution is 6.30. The van der Waals surface area contributed by atoms with E-state index in [0.29, 0.717) is 11.6 Å². The zero-order chi connectivity index (χ0) is 15.7. The van der Waals surface area contributed by atoms with Crippen LogP contribution in [0.2, 0.25) is 5.02 Å². The van der Waals surface area contributed by atoms with Gasteiger partial charge in [-0.1, -0.05) is 23.7 Å². The molecule has 0 heterocycles. The first kappa shape index (κ1) is 16.8. The van der Waals surface area contributed by atoms with Crippen molar-refractivity contribution in [2.75, 3.05) is 20.2 Å². The van der Waals surface area contributed by atoms with Gasteiger partial charge in [-0.3, -0.25) is 9.59 Å². The molecule has 0 unspecified atom stereocenters. The fourth-order valence-electron chi connectivity index (χ4n) is 1.31. The number of ether oxygens (including phenoxy) is 1. The third-order valence-corrected chi connectivity index (χ3v) is 2.69. The summed E-state index contributed by atoms with van der Waals surface area (Å²) in [6.07, 6.45) is 0. The van der Waals surface area contributed by atoms with Crippen molar-refractivity contribution in [3.05, 3.63) is 34.9 Å². The number of nitrogens with one attached hydrogen (secondary N) is 3. The van der Waals surface area contributed by atoms with Gasteiger partial charge in [0.15, 0.2) is 0 Å². The number of carbonyl (C=O) groups excluding carboxylic acids is 3. The molecule has 3 amide bonds. The Balaban J connectivity index is 2.20.